The van der Waals surface area contributed by atoms with Gasteiger partial charge in [0.15, 0.2) is 23.3 Å². The Morgan fingerprint density at radius 3 is 2.07 bits per heavy atom. The molecule has 0 saturated carbocycles. The zero-order valence-corrected chi connectivity index (χ0v) is 15.5. The Morgan fingerprint density at radius 1 is 0.963 bits per heavy atom. The minimum Gasteiger partial charge on any atom is -0.267 e. The molecule has 0 radical (unpaired) electrons. The van der Waals surface area contributed by atoms with Crippen molar-refractivity contribution in [2.45, 2.75) is 13.8 Å². The van der Waals surface area contributed by atoms with E-state index in [1.54, 1.807) is 18.2 Å². The molecule has 9 heteroatoms. The lowest BCUT2D eigenvalue weighted by molar-refractivity contribution is -0.114. The molecule has 0 N–H and O–H groups in total. The fourth-order valence-electron chi connectivity index (χ4n) is 2.48. The van der Waals surface area contributed by atoms with E-state index in [1.165, 1.54) is 13.0 Å². The lowest BCUT2D eigenvalue weighted by Crippen LogP contribution is -2.25. The van der Waals surface area contributed by atoms with Gasteiger partial charge in [0.1, 0.15) is 5.69 Å². The normalized spacial score (nSPS) is 15.7. The first-order valence-corrected chi connectivity index (χ1v) is 8.32. The topological polar surface area (TPSA) is 32.7 Å². The highest BCUT2D eigenvalue weighted by Crippen LogP contribution is 2.34. The highest BCUT2D eigenvalue weighted by atomic mass is 79.9. The summed E-state index contributed by atoms with van der Waals surface area (Å²) in [6.45, 7) is 3.25. The van der Waals surface area contributed by atoms with Gasteiger partial charge in [-0.1, -0.05) is 28.1 Å². The van der Waals surface area contributed by atoms with Crippen LogP contribution in [0, 0.1) is 36.0 Å². The third-order valence-corrected chi connectivity index (χ3v) is 4.82. The summed E-state index contributed by atoms with van der Waals surface area (Å²) in [4.78, 5) is 12.5. The number of rotatable bonds is 2. The molecule has 0 unspecified atom stereocenters. The fraction of sp³-hybridized carbons (Fsp3) is 0.111. The summed E-state index contributed by atoms with van der Waals surface area (Å²) in [5.74, 6) is -11.9. The predicted molar refractivity (Wildman–Crippen MR) is 93.7 cm³/mol. The van der Waals surface area contributed by atoms with Crippen LogP contribution in [-0.4, -0.2) is 11.6 Å². The van der Waals surface area contributed by atoms with Crippen molar-refractivity contribution < 1.29 is 26.7 Å². The Bertz CT molecular complexity index is 1020. The van der Waals surface area contributed by atoms with E-state index in [0.717, 1.165) is 10.0 Å². The Labute approximate surface area is 158 Å². The zero-order valence-electron chi connectivity index (χ0n) is 13.9. The number of aryl methyl sites for hydroxylation is 1. The molecule has 0 bridgehead atoms. The van der Waals surface area contributed by atoms with Crippen molar-refractivity contribution in [1.82, 2.24) is 0 Å². The molecule has 0 spiro atoms. The molecule has 1 aliphatic rings. The van der Waals surface area contributed by atoms with Crippen molar-refractivity contribution in [3.8, 4) is 0 Å². The van der Waals surface area contributed by atoms with Crippen LogP contribution in [0.4, 0.5) is 27.6 Å². The molecule has 3 rings (SSSR count). The summed E-state index contributed by atoms with van der Waals surface area (Å²) in [7, 11) is 0. The number of anilines is 1. The van der Waals surface area contributed by atoms with Crippen LogP contribution in [-0.2, 0) is 4.79 Å². The van der Waals surface area contributed by atoms with Gasteiger partial charge >= 0.3 is 0 Å². The molecule has 27 heavy (non-hydrogen) atoms. The van der Waals surface area contributed by atoms with Crippen LogP contribution in [0.3, 0.4) is 0 Å². The van der Waals surface area contributed by atoms with E-state index >= 15 is 0 Å². The van der Waals surface area contributed by atoms with Gasteiger partial charge < -0.3 is 0 Å². The van der Waals surface area contributed by atoms with E-state index in [2.05, 4.69) is 21.0 Å². The summed E-state index contributed by atoms with van der Waals surface area (Å²) in [6, 6.07) is 5.20. The predicted octanol–water partition coefficient (Wildman–Crippen LogP) is 5.26. The van der Waals surface area contributed by atoms with Gasteiger partial charge in [-0.3, -0.25) is 4.79 Å². The molecule has 0 atom stereocenters. The van der Waals surface area contributed by atoms with E-state index in [1.807, 2.05) is 6.92 Å². The molecular weight excluding hydrogens is 435 g/mol. The van der Waals surface area contributed by atoms with Gasteiger partial charge in [0.05, 0.1) is 11.3 Å². The summed E-state index contributed by atoms with van der Waals surface area (Å²) < 4.78 is 68.9. The maximum absolute atomic E-state index is 14.0. The lowest BCUT2D eigenvalue weighted by atomic mass is 10.1. The molecule has 0 aromatic heterocycles. The monoisotopic (exact) mass is 444 g/mol. The molecule has 1 heterocycles. The molecular formula is C18H10BrF5N2O. The Hall–Kier alpha value is -2.55. The van der Waals surface area contributed by atoms with Crippen LogP contribution >= 0.6 is 15.9 Å². The molecule has 3 nitrogen and oxygen atoms in total. The number of carbonyl (C=O) groups excluding carboxylic acids is 1. The van der Waals surface area contributed by atoms with Crippen molar-refractivity contribution in [2.24, 2.45) is 5.10 Å². The van der Waals surface area contributed by atoms with Gasteiger partial charge in [-0.05, 0) is 37.1 Å². The van der Waals surface area contributed by atoms with E-state index in [-0.39, 0.29) is 16.3 Å². The number of hydrogen-bond donors (Lipinski definition) is 0. The number of carbonyl (C=O) groups is 1. The SMILES string of the molecule is CC1=NN(c2c(F)c(F)c(F)c(F)c2F)C(=O)/C1=C\c1ccc(C)c(Br)c1. The first-order chi connectivity index (χ1) is 12.6. The van der Waals surface area contributed by atoms with E-state index < -0.39 is 40.7 Å². The second-order valence-corrected chi connectivity index (χ2v) is 6.64. The number of hydrogen-bond acceptors (Lipinski definition) is 2. The van der Waals surface area contributed by atoms with Crippen LogP contribution in [0.1, 0.15) is 18.1 Å². The van der Waals surface area contributed by atoms with Crippen molar-refractivity contribution in [3.05, 3.63) is 68.5 Å². The first kappa shape index (κ1) is 19.2. The van der Waals surface area contributed by atoms with E-state index in [4.69, 9.17) is 0 Å². The van der Waals surface area contributed by atoms with E-state index in [9.17, 15) is 26.7 Å². The van der Waals surface area contributed by atoms with Crippen LogP contribution in [0.5, 0.6) is 0 Å². The average Bonchev–Trinajstić information content (AvgIpc) is 2.89. The van der Waals surface area contributed by atoms with Crippen molar-refractivity contribution in [3.63, 3.8) is 0 Å². The molecule has 1 aliphatic heterocycles. The third kappa shape index (κ3) is 3.16. The van der Waals surface area contributed by atoms with Gasteiger partial charge in [-0.2, -0.15) is 10.1 Å². The summed E-state index contributed by atoms with van der Waals surface area (Å²) in [5.41, 5.74) is 0.160. The summed E-state index contributed by atoms with van der Waals surface area (Å²) in [5, 5.41) is 3.86. The zero-order chi connectivity index (χ0) is 20.0. The van der Waals surface area contributed by atoms with E-state index in [0.29, 0.717) is 5.56 Å². The minimum atomic E-state index is -2.30. The van der Waals surface area contributed by atoms with Crippen LogP contribution in [0.25, 0.3) is 6.08 Å². The largest absolute Gasteiger partial charge is 0.280 e. The number of nitrogens with zero attached hydrogens (tertiary/aromatic N) is 2. The number of benzene rings is 2. The maximum atomic E-state index is 14.0. The number of hydrazone groups is 1. The summed E-state index contributed by atoms with van der Waals surface area (Å²) >= 11 is 3.34. The molecule has 2 aromatic rings. The second kappa shape index (κ2) is 6.88. The van der Waals surface area contributed by atoms with Crippen LogP contribution < -0.4 is 5.01 Å². The van der Waals surface area contributed by atoms with Gasteiger partial charge in [-0.25, -0.2) is 22.0 Å². The van der Waals surface area contributed by atoms with Crippen molar-refractivity contribution in [1.29, 1.82) is 0 Å². The van der Waals surface area contributed by atoms with Crippen molar-refractivity contribution >= 4 is 39.3 Å². The standard InChI is InChI=1S/C18H10BrF5N2O/c1-7-3-4-9(6-11(7)19)5-10-8(2)25-26(18(10)27)17-15(23)13(21)12(20)14(22)16(17)24/h3-6H,1-2H3/b10-5-. The van der Waals surface area contributed by atoms with Crippen LogP contribution in [0.2, 0.25) is 0 Å². The van der Waals surface area contributed by atoms with Gasteiger partial charge in [0, 0.05) is 4.47 Å². The molecule has 0 aliphatic carbocycles. The Balaban J connectivity index is 2.09. The number of halogens is 6. The van der Waals surface area contributed by atoms with Crippen molar-refractivity contribution in [2.75, 3.05) is 5.01 Å². The summed E-state index contributed by atoms with van der Waals surface area (Å²) in [6.07, 6.45) is 1.41. The van der Waals surface area contributed by atoms with Gasteiger partial charge in [-0.15, -0.1) is 0 Å². The van der Waals surface area contributed by atoms with Gasteiger partial charge in [0.2, 0.25) is 5.82 Å². The molecule has 140 valence electrons. The van der Waals surface area contributed by atoms with Gasteiger partial charge in [0.25, 0.3) is 5.91 Å². The smallest absolute Gasteiger partial charge is 0.267 e. The molecule has 1 amide bonds. The second-order valence-electron chi connectivity index (χ2n) is 5.79. The maximum Gasteiger partial charge on any atom is 0.280 e. The minimum absolute atomic E-state index is 0.0327. The Kier molecular flexibility index (Phi) is 4.90. The fourth-order valence-corrected chi connectivity index (χ4v) is 2.88. The molecule has 0 fully saturated rings. The molecule has 0 saturated heterocycles. The number of amides is 1. The average molecular weight is 445 g/mol. The highest BCUT2D eigenvalue weighted by Gasteiger charge is 2.36. The first-order valence-electron chi connectivity index (χ1n) is 7.52. The Morgan fingerprint density at radius 2 is 1.52 bits per heavy atom. The highest BCUT2D eigenvalue weighted by molar-refractivity contribution is 9.10. The molecule has 2 aromatic carbocycles. The van der Waals surface area contributed by atoms with Crippen LogP contribution in [0.15, 0.2) is 33.3 Å². The quantitative estimate of drug-likeness (QED) is 0.269. The third-order valence-electron chi connectivity index (χ3n) is 3.97. The lowest BCUT2D eigenvalue weighted by Gasteiger charge is -2.15.